The van der Waals surface area contributed by atoms with Crippen LogP contribution < -0.4 is 10.6 Å². The van der Waals surface area contributed by atoms with Crippen LogP contribution in [0.5, 0.6) is 0 Å². The van der Waals surface area contributed by atoms with E-state index >= 15 is 0 Å². The van der Waals surface area contributed by atoms with Crippen molar-refractivity contribution in [2.75, 3.05) is 10.6 Å². The lowest BCUT2D eigenvalue weighted by Crippen LogP contribution is -2.20. The van der Waals surface area contributed by atoms with E-state index in [9.17, 15) is 18.0 Å². The van der Waals surface area contributed by atoms with Gasteiger partial charge in [-0.2, -0.15) is 18.3 Å². The first-order valence-electron chi connectivity index (χ1n) is 8.04. The van der Waals surface area contributed by atoms with Crippen LogP contribution in [0.25, 0.3) is 0 Å². The molecule has 3 aromatic rings. The van der Waals surface area contributed by atoms with Crippen LogP contribution in [0.15, 0.2) is 48.7 Å². The van der Waals surface area contributed by atoms with Gasteiger partial charge in [0.15, 0.2) is 5.82 Å². The summed E-state index contributed by atoms with van der Waals surface area (Å²) >= 11 is 17.9. The molecule has 2 amide bonds. The molecular formula is C18H12Cl3F3N4O. The van der Waals surface area contributed by atoms with E-state index in [1.807, 2.05) is 0 Å². The molecule has 0 bridgehead atoms. The van der Waals surface area contributed by atoms with E-state index in [0.717, 1.165) is 17.7 Å². The minimum atomic E-state index is -4.51. The summed E-state index contributed by atoms with van der Waals surface area (Å²) < 4.78 is 39.8. The van der Waals surface area contributed by atoms with Crippen LogP contribution in [-0.2, 0) is 12.7 Å². The number of nitrogens with zero attached hydrogens (tertiary/aromatic N) is 2. The molecule has 2 aromatic carbocycles. The van der Waals surface area contributed by atoms with Crippen molar-refractivity contribution in [2.45, 2.75) is 12.7 Å². The van der Waals surface area contributed by atoms with Crippen LogP contribution in [0.3, 0.4) is 0 Å². The zero-order chi connectivity index (χ0) is 21.2. The molecule has 0 radical (unpaired) electrons. The molecule has 29 heavy (non-hydrogen) atoms. The summed E-state index contributed by atoms with van der Waals surface area (Å²) in [5.41, 5.74) is -0.0959. The van der Waals surface area contributed by atoms with Gasteiger partial charge in [-0.1, -0.05) is 46.9 Å². The number of aromatic nitrogens is 2. The molecule has 1 heterocycles. The largest absolute Gasteiger partial charge is 0.416 e. The summed E-state index contributed by atoms with van der Waals surface area (Å²) in [5, 5.41) is 9.83. The van der Waals surface area contributed by atoms with Gasteiger partial charge in [-0.15, -0.1) is 0 Å². The monoisotopic (exact) mass is 462 g/mol. The molecule has 0 spiro atoms. The van der Waals surface area contributed by atoms with Gasteiger partial charge in [0.25, 0.3) is 0 Å². The van der Waals surface area contributed by atoms with Gasteiger partial charge in [0.1, 0.15) is 5.02 Å². The summed E-state index contributed by atoms with van der Waals surface area (Å²) in [6.07, 6.45) is -3.02. The normalized spacial score (nSPS) is 11.4. The van der Waals surface area contributed by atoms with E-state index in [2.05, 4.69) is 15.7 Å². The number of hydrogen-bond acceptors (Lipinski definition) is 2. The van der Waals surface area contributed by atoms with Crippen LogP contribution >= 0.6 is 34.8 Å². The molecule has 0 aliphatic carbocycles. The van der Waals surface area contributed by atoms with E-state index < -0.39 is 17.8 Å². The molecule has 0 unspecified atom stereocenters. The summed E-state index contributed by atoms with van der Waals surface area (Å²) in [4.78, 5) is 12.1. The molecule has 0 aliphatic heterocycles. The lowest BCUT2D eigenvalue weighted by atomic mass is 10.2. The van der Waals surface area contributed by atoms with E-state index in [-0.39, 0.29) is 16.5 Å². The molecule has 0 aliphatic rings. The number of hydrogen-bond donors (Lipinski definition) is 2. The fourth-order valence-corrected chi connectivity index (χ4v) is 2.95. The zero-order valence-electron chi connectivity index (χ0n) is 14.4. The van der Waals surface area contributed by atoms with Gasteiger partial charge in [0.05, 0.1) is 22.2 Å². The van der Waals surface area contributed by atoms with Crippen molar-refractivity contribution < 1.29 is 18.0 Å². The molecular weight excluding hydrogens is 452 g/mol. The molecule has 0 saturated heterocycles. The molecule has 0 atom stereocenters. The number of benzene rings is 2. The molecule has 0 fully saturated rings. The number of carbonyl (C=O) groups is 1. The second-order valence-corrected chi connectivity index (χ2v) is 7.15. The Morgan fingerprint density at radius 1 is 1.00 bits per heavy atom. The summed E-state index contributed by atoms with van der Waals surface area (Å²) in [6, 6.07) is 8.55. The van der Waals surface area contributed by atoms with Crippen LogP contribution in [0.2, 0.25) is 15.1 Å². The quantitative estimate of drug-likeness (QED) is 0.461. The Labute approximate surface area is 178 Å². The SMILES string of the molecule is O=C(Nc1cccc(C(F)(F)F)c1)Nc1nn(Cc2ccc(Cl)c(Cl)c2)cc1Cl. The number of nitrogens with one attached hydrogen (secondary N) is 2. The molecule has 152 valence electrons. The average Bonchev–Trinajstić information content (AvgIpc) is 2.96. The molecule has 0 saturated carbocycles. The van der Waals surface area contributed by atoms with Gasteiger partial charge >= 0.3 is 12.2 Å². The zero-order valence-corrected chi connectivity index (χ0v) is 16.7. The van der Waals surface area contributed by atoms with Crippen LogP contribution in [0.1, 0.15) is 11.1 Å². The predicted molar refractivity (Wildman–Crippen MR) is 107 cm³/mol. The number of rotatable bonds is 4. The summed E-state index contributed by atoms with van der Waals surface area (Å²) in [7, 11) is 0. The Hall–Kier alpha value is -2.42. The van der Waals surface area contributed by atoms with Gasteiger partial charge in [0, 0.05) is 11.9 Å². The number of amides is 2. The third kappa shape index (κ3) is 5.56. The topological polar surface area (TPSA) is 59.0 Å². The fraction of sp³-hybridized carbons (Fsp3) is 0.111. The van der Waals surface area contributed by atoms with Gasteiger partial charge < -0.3 is 5.32 Å². The molecule has 2 N–H and O–H groups in total. The molecule has 5 nitrogen and oxygen atoms in total. The number of halogens is 6. The van der Waals surface area contributed by atoms with E-state index in [1.54, 1.807) is 18.2 Å². The maximum Gasteiger partial charge on any atom is 0.416 e. The van der Waals surface area contributed by atoms with Crippen molar-refractivity contribution in [1.82, 2.24) is 9.78 Å². The Kier molecular flexibility index (Phi) is 6.26. The van der Waals surface area contributed by atoms with Crippen molar-refractivity contribution in [3.05, 3.63) is 74.9 Å². The maximum atomic E-state index is 12.8. The number of carbonyl (C=O) groups excluding carboxylic acids is 1. The lowest BCUT2D eigenvalue weighted by molar-refractivity contribution is -0.137. The van der Waals surface area contributed by atoms with Gasteiger partial charge in [-0.05, 0) is 35.9 Å². The Bertz CT molecular complexity index is 1050. The van der Waals surface area contributed by atoms with Crippen molar-refractivity contribution >= 4 is 52.3 Å². The van der Waals surface area contributed by atoms with E-state index in [1.165, 1.54) is 23.0 Å². The van der Waals surface area contributed by atoms with Crippen molar-refractivity contribution in [3.63, 3.8) is 0 Å². The van der Waals surface area contributed by atoms with E-state index in [0.29, 0.717) is 16.6 Å². The highest BCUT2D eigenvalue weighted by Gasteiger charge is 2.30. The first-order valence-corrected chi connectivity index (χ1v) is 9.17. The first kappa shape index (κ1) is 21.3. The van der Waals surface area contributed by atoms with Gasteiger partial charge in [0.2, 0.25) is 0 Å². The third-order valence-corrected chi connectivity index (χ3v) is 4.74. The summed E-state index contributed by atoms with van der Waals surface area (Å²) in [6.45, 7) is 0.313. The Morgan fingerprint density at radius 3 is 2.45 bits per heavy atom. The van der Waals surface area contributed by atoms with E-state index in [4.69, 9.17) is 34.8 Å². The average molecular weight is 464 g/mol. The highest BCUT2D eigenvalue weighted by Crippen LogP contribution is 2.31. The highest BCUT2D eigenvalue weighted by atomic mass is 35.5. The first-order chi connectivity index (χ1) is 13.6. The van der Waals surface area contributed by atoms with Gasteiger partial charge in [-0.3, -0.25) is 10.00 Å². The molecule has 3 rings (SSSR count). The number of urea groups is 1. The van der Waals surface area contributed by atoms with Crippen LogP contribution in [0.4, 0.5) is 29.5 Å². The van der Waals surface area contributed by atoms with Crippen LogP contribution in [0, 0.1) is 0 Å². The molecule has 1 aromatic heterocycles. The molecule has 11 heteroatoms. The van der Waals surface area contributed by atoms with Crippen molar-refractivity contribution in [1.29, 1.82) is 0 Å². The number of alkyl halides is 3. The van der Waals surface area contributed by atoms with Crippen molar-refractivity contribution in [2.24, 2.45) is 0 Å². The van der Waals surface area contributed by atoms with Gasteiger partial charge in [-0.25, -0.2) is 4.79 Å². The third-order valence-electron chi connectivity index (χ3n) is 3.73. The standard InChI is InChI=1S/C18H12Cl3F3N4O/c19-13-5-4-10(6-14(13)20)8-28-9-15(21)16(27-28)26-17(29)25-12-3-1-2-11(7-12)18(22,23)24/h1-7,9H,8H2,(H2,25,26,27,29). The second kappa shape index (κ2) is 8.52. The smallest absolute Gasteiger partial charge is 0.308 e. The lowest BCUT2D eigenvalue weighted by Gasteiger charge is -2.10. The Morgan fingerprint density at radius 2 is 1.76 bits per heavy atom. The second-order valence-electron chi connectivity index (χ2n) is 5.93. The highest BCUT2D eigenvalue weighted by molar-refractivity contribution is 6.42. The maximum absolute atomic E-state index is 12.8. The number of anilines is 2. The van der Waals surface area contributed by atoms with Crippen molar-refractivity contribution in [3.8, 4) is 0 Å². The fourth-order valence-electron chi connectivity index (χ4n) is 2.43. The minimum Gasteiger partial charge on any atom is -0.308 e. The summed E-state index contributed by atoms with van der Waals surface area (Å²) in [5.74, 6) is 0.0520. The minimum absolute atomic E-state index is 0.0244. The predicted octanol–water partition coefficient (Wildman–Crippen LogP) is 6.55. The van der Waals surface area contributed by atoms with Crippen LogP contribution in [-0.4, -0.2) is 15.8 Å². The Balaban J connectivity index is 1.67.